The second-order valence-corrected chi connectivity index (χ2v) is 5.45. The van der Waals surface area contributed by atoms with Crippen LogP contribution in [0.15, 0.2) is 59.5 Å². The first-order valence-electron chi connectivity index (χ1n) is 6.71. The molecular weight excluding hydrogens is 282 g/mol. The van der Waals surface area contributed by atoms with Crippen molar-refractivity contribution in [1.82, 2.24) is 0 Å². The quantitative estimate of drug-likeness (QED) is 0.647. The number of amides is 1. The van der Waals surface area contributed by atoms with E-state index in [9.17, 15) is 9.59 Å². The fourth-order valence-electron chi connectivity index (χ4n) is 1.92. The van der Waals surface area contributed by atoms with Crippen molar-refractivity contribution in [2.24, 2.45) is 0 Å². The van der Waals surface area contributed by atoms with Gasteiger partial charge in [0.25, 0.3) is 0 Å². The van der Waals surface area contributed by atoms with Crippen molar-refractivity contribution in [3.63, 3.8) is 0 Å². The third-order valence-electron chi connectivity index (χ3n) is 3.03. The third kappa shape index (κ3) is 4.76. The van der Waals surface area contributed by atoms with Crippen LogP contribution in [0, 0.1) is 0 Å². The predicted molar refractivity (Wildman–Crippen MR) is 86.9 cm³/mol. The van der Waals surface area contributed by atoms with Crippen molar-refractivity contribution in [1.29, 1.82) is 0 Å². The molecule has 108 valence electrons. The maximum atomic E-state index is 11.9. The SMILES string of the molecule is CSc1cccc(NC(=O)CCC(=O)c2ccccc2)c1. The molecular formula is C17H17NO2S. The number of thioether (sulfide) groups is 1. The van der Waals surface area contributed by atoms with Crippen molar-refractivity contribution in [3.8, 4) is 0 Å². The minimum atomic E-state index is -0.141. The summed E-state index contributed by atoms with van der Waals surface area (Å²) >= 11 is 1.62. The molecule has 3 nitrogen and oxygen atoms in total. The molecule has 0 aliphatic heterocycles. The first kappa shape index (κ1) is 15.3. The number of carbonyl (C=O) groups excluding carboxylic acids is 2. The Morgan fingerprint density at radius 3 is 2.48 bits per heavy atom. The van der Waals surface area contributed by atoms with Gasteiger partial charge in [-0.1, -0.05) is 36.4 Å². The first-order chi connectivity index (χ1) is 10.2. The number of ketones is 1. The lowest BCUT2D eigenvalue weighted by Crippen LogP contribution is -2.13. The van der Waals surface area contributed by atoms with E-state index in [1.807, 2.05) is 48.7 Å². The number of hydrogen-bond acceptors (Lipinski definition) is 3. The predicted octanol–water partition coefficient (Wildman–Crippen LogP) is 4.01. The molecule has 0 spiro atoms. The number of carbonyl (C=O) groups is 2. The normalized spacial score (nSPS) is 10.1. The molecule has 0 radical (unpaired) electrons. The van der Waals surface area contributed by atoms with Crippen LogP contribution in [0.3, 0.4) is 0 Å². The number of anilines is 1. The summed E-state index contributed by atoms with van der Waals surface area (Å²) in [7, 11) is 0. The molecule has 1 amide bonds. The Bertz CT molecular complexity index is 626. The Hall–Kier alpha value is -2.07. The van der Waals surface area contributed by atoms with Gasteiger partial charge < -0.3 is 5.32 Å². The molecule has 21 heavy (non-hydrogen) atoms. The fourth-order valence-corrected chi connectivity index (χ4v) is 2.38. The number of hydrogen-bond donors (Lipinski definition) is 1. The molecule has 4 heteroatoms. The first-order valence-corrected chi connectivity index (χ1v) is 7.93. The summed E-state index contributed by atoms with van der Waals surface area (Å²) in [6.45, 7) is 0. The average molecular weight is 299 g/mol. The highest BCUT2D eigenvalue weighted by Crippen LogP contribution is 2.19. The van der Waals surface area contributed by atoms with E-state index in [0.29, 0.717) is 5.56 Å². The van der Waals surface area contributed by atoms with Crippen LogP contribution in [0.25, 0.3) is 0 Å². The molecule has 0 unspecified atom stereocenters. The summed E-state index contributed by atoms with van der Waals surface area (Å²) in [6, 6.07) is 16.7. The van der Waals surface area contributed by atoms with Gasteiger partial charge in [-0.2, -0.15) is 0 Å². The molecule has 0 saturated carbocycles. The van der Waals surface area contributed by atoms with Gasteiger partial charge in [0.05, 0.1) is 0 Å². The molecule has 2 rings (SSSR count). The molecule has 0 aliphatic carbocycles. The minimum Gasteiger partial charge on any atom is -0.326 e. The smallest absolute Gasteiger partial charge is 0.224 e. The van der Waals surface area contributed by atoms with Crippen LogP contribution in [-0.2, 0) is 4.79 Å². The van der Waals surface area contributed by atoms with Crippen molar-refractivity contribution in [2.45, 2.75) is 17.7 Å². The van der Waals surface area contributed by atoms with Gasteiger partial charge in [-0.3, -0.25) is 9.59 Å². The average Bonchev–Trinajstić information content (AvgIpc) is 2.53. The molecule has 0 fully saturated rings. The number of rotatable bonds is 6. The van der Waals surface area contributed by atoms with Crippen molar-refractivity contribution >= 4 is 29.1 Å². The van der Waals surface area contributed by atoms with Crippen molar-refractivity contribution in [2.75, 3.05) is 11.6 Å². The minimum absolute atomic E-state index is 0.0105. The molecule has 2 aromatic carbocycles. The van der Waals surface area contributed by atoms with Crippen LogP contribution in [0.4, 0.5) is 5.69 Å². The number of Topliss-reactive ketones (excluding diaryl/α,β-unsaturated/α-hetero) is 1. The summed E-state index contributed by atoms with van der Waals surface area (Å²) < 4.78 is 0. The molecule has 0 atom stereocenters. The lowest BCUT2D eigenvalue weighted by atomic mass is 10.1. The zero-order valence-electron chi connectivity index (χ0n) is 11.8. The van der Waals surface area contributed by atoms with Crippen LogP contribution >= 0.6 is 11.8 Å². The summed E-state index contributed by atoms with van der Waals surface area (Å²) in [6.07, 6.45) is 2.40. The van der Waals surface area contributed by atoms with Gasteiger partial charge in [0.1, 0.15) is 0 Å². The number of nitrogens with one attached hydrogen (secondary N) is 1. The Morgan fingerprint density at radius 2 is 1.76 bits per heavy atom. The highest BCUT2D eigenvalue weighted by Gasteiger charge is 2.09. The van der Waals surface area contributed by atoms with Crippen molar-refractivity contribution < 1.29 is 9.59 Å². The van der Waals surface area contributed by atoms with E-state index in [4.69, 9.17) is 0 Å². The number of benzene rings is 2. The lowest BCUT2D eigenvalue weighted by Gasteiger charge is -2.06. The molecule has 0 bridgehead atoms. The van der Waals surface area contributed by atoms with Gasteiger partial charge in [-0.05, 0) is 24.5 Å². The molecule has 2 aromatic rings. The van der Waals surface area contributed by atoms with Crippen LogP contribution in [0.2, 0.25) is 0 Å². The molecule has 0 heterocycles. The van der Waals surface area contributed by atoms with Crippen LogP contribution < -0.4 is 5.32 Å². The van der Waals surface area contributed by atoms with Crippen molar-refractivity contribution in [3.05, 3.63) is 60.2 Å². The van der Waals surface area contributed by atoms with Crippen LogP contribution in [-0.4, -0.2) is 17.9 Å². The van der Waals surface area contributed by atoms with Gasteiger partial charge in [0.2, 0.25) is 5.91 Å². The largest absolute Gasteiger partial charge is 0.326 e. The Balaban J connectivity index is 1.86. The van der Waals surface area contributed by atoms with E-state index in [-0.39, 0.29) is 24.5 Å². The van der Waals surface area contributed by atoms with E-state index in [1.54, 1.807) is 23.9 Å². The molecule has 0 aromatic heterocycles. The van der Waals surface area contributed by atoms with Gasteiger partial charge in [0.15, 0.2) is 5.78 Å². The highest BCUT2D eigenvalue weighted by molar-refractivity contribution is 7.98. The van der Waals surface area contributed by atoms with Gasteiger partial charge in [-0.15, -0.1) is 11.8 Å². The summed E-state index contributed by atoms with van der Waals surface area (Å²) in [5.74, 6) is -0.152. The Morgan fingerprint density at radius 1 is 1.00 bits per heavy atom. The Kier molecular flexibility index (Phi) is 5.58. The molecule has 0 saturated heterocycles. The maximum Gasteiger partial charge on any atom is 0.224 e. The summed E-state index contributed by atoms with van der Waals surface area (Å²) in [5, 5.41) is 2.82. The topological polar surface area (TPSA) is 46.2 Å². The highest BCUT2D eigenvalue weighted by atomic mass is 32.2. The van der Waals surface area contributed by atoms with E-state index >= 15 is 0 Å². The van der Waals surface area contributed by atoms with Gasteiger partial charge in [-0.25, -0.2) is 0 Å². The van der Waals surface area contributed by atoms with Crippen LogP contribution in [0.1, 0.15) is 23.2 Å². The Labute approximate surface area is 128 Å². The summed E-state index contributed by atoms with van der Waals surface area (Å²) in [4.78, 5) is 24.9. The van der Waals surface area contributed by atoms with E-state index in [2.05, 4.69) is 5.32 Å². The second-order valence-electron chi connectivity index (χ2n) is 4.57. The van der Waals surface area contributed by atoms with Gasteiger partial charge in [0, 0.05) is 29.0 Å². The molecule has 0 aliphatic rings. The van der Waals surface area contributed by atoms with E-state index < -0.39 is 0 Å². The fraction of sp³-hybridized carbons (Fsp3) is 0.176. The second kappa shape index (κ2) is 7.64. The molecule has 1 N–H and O–H groups in total. The third-order valence-corrected chi connectivity index (χ3v) is 3.75. The zero-order chi connectivity index (χ0) is 15.1. The van der Waals surface area contributed by atoms with Crippen LogP contribution in [0.5, 0.6) is 0 Å². The standard InChI is InChI=1S/C17H17NO2S/c1-21-15-9-5-8-14(12-15)18-17(20)11-10-16(19)13-6-3-2-4-7-13/h2-9,12H,10-11H2,1H3,(H,18,20). The zero-order valence-corrected chi connectivity index (χ0v) is 12.7. The monoisotopic (exact) mass is 299 g/mol. The maximum absolute atomic E-state index is 11.9. The summed E-state index contributed by atoms with van der Waals surface area (Å²) in [5.41, 5.74) is 1.41. The lowest BCUT2D eigenvalue weighted by molar-refractivity contribution is -0.116. The van der Waals surface area contributed by atoms with Gasteiger partial charge >= 0.3 is 0 Å². The van der Waals surface area contributed by atoms with E-state index in [0.717, 1.165) is 10.6 Å². The van der Waals surface area contributed by atoms with E-state index in [1.165, 1.54) is 0 Å².